The lowest BCUT2D eigenvalue weighted by Crippen LogP contribution is -2.30. The summed E-state index contributed by atoms with van der Waals surface area (Å²) in [5.41, 5.74) is 0. The lowest BCUT2D eigenvalue weighted by molar-refractivity contribution is -0.137. The minimum absolute atomic E-state index is 0.0787. The van der Waals surface area contributed by atoms with E-state index in [9.17, 15) is 45.1 Å². The maximum atomic E-state index is 13.0. The van der Waals surface area contributed by atoms with Crippen molar-refractivity contribution < 1.29 is 45.1 Å². The van der Waals surface area contributed by atoms with Gasteiger partial charge in [-0.3, -0.25) is 9.59 Å². The Labute approximate surface area is 217 Å². The molecule has 204 valence electrons. The highest BCUT2D eigenvalue weighted by molar-refractivity contribution is 7.93. The standard InChI is InChI=1S/C24H30O10S3/c1-3-5-7-21(23(25)26)36(31,32)19-13-9-17(10-14-19)35(29,30)18-11-15-20(16-12-18)37(33,34)22(24(27)28)8-6-4-2/h9-16,21-22H,3-8H2,1-2H3,(H,25,26)(H,27,28). The van der Waals surface area contributed by atoms with Crippen molar-refractivity contribution in [3.8, 4) is 0 Å². The molecule has 0 radical (unpaired) electrons. The molecule has 2 atom stereocenters. The van der Waals surface area contributed by atoms with Crippen LogP contribution in [0.15, 0.2) is 68.1 Å². The van der Waals surface area contributed by atoms with Gasteiger partial charge in [-0.15, -0.1) is 0 Å². The summed E-state index contributed by atoms with van der Waals surface area (Å²) in [5.74, 6) is -2.97. The molecule has 0 aromatic heterocycles. The van der Waals surface area contributed by atoms with Gasteiger partial charge in [-0.05, 0) is 61.4 Å². The predicted molar refractivity (Wildman–Crippen MR) is 135 cm³/mol. The van der Waals surface area contributed by atoms with Crippen LogP contribution in [0.3, 0.4) is 0 Å². The third kappa shape index (κ3) is 6.76. The number of hydrogen-bond donors (Lipinski definition) is 2. The van der Waals surface area contributed by atoms with Crippen LogP contribution in [0.5, 0.6) is 0 Å². The number of unbranched alkanes of at least 4 members (excludes halogenated alkanes) is 2. The van der Waals surface area contributed by atoms with Crippen LogP contribution < -0.4 is 0 Å². The van der Waals surface area contributed by atoms with Crippen molar-refractivity contribution in [1.82, 2.24) is 0 Å². The number of carboxylic acid groups (broad SMARTS) is 2. The molecule has 0 spiro atoms. The molecule has 13 heteroatoms. The van der Waals surface area contributed by atoms with Gasteiger partial charge in [0, 0.05) is 0 Å². The maximum Gasteiger partial charge on any atom is 0.322 e. The quantitative estimate of drug-likeness (QED) is 0.340. The summed E-state index contributed by atoms with van der Waals surface area (Å²) in [6, 6.07) is 8.24. The molecule has 0 bridgehead atoms. The van der Waals surface area contributed by atoms with Crippen LogP contribution in [0.25, 0.3) is 0 Å². The Morgan fingerprint density at radius 2 is 0.865 bits per heavy atom. The van der Waals surface area contributed by atoms with E-state index in [1.807, 2.05) is 0 Å². The van der Waals surface area contributed by atoms with Crippen LogP contribution in [-0.4, -0.2) is 57.9 Å². The van der Waals surface area contributed by atoms with Gasteiger partial charge in [0.1, 0.15) is 0 Å². The van der Waals surface area contributed by atoms with Crippen molar-refractivity contribution in [2.24, 2.45) is 0 Å². The third-order valence-corrected chi connectivity index (χ3v) is 11.9. The van der Waals surface area contributed by atoms with Gasteiger partial charge in [0.25, 0.3) is 0 Å². The van der Waals surface area contributed by atoms with Gasteiger partial charge in [-0.1, -0.05) is 39.5 Å². The number of aliphatic carboxylic acids is 2. The molecule has 2 aromatic carbocycles. The first-order valence-corrected chi connectivity index (χ1v) is 16.2. The summed E-state index contributed by atoms with van der Waals surface area (Å²) >= 11 is 0. The summed E-state index contributed by atoms with van der Waals surface area (Å²) in [4.78, 5) is 21.8. The Bertz CT molecular complexity index is 1320. The molecule has 2 rings (SSSR count). The van der Waals surface area contributed by atoms with Crippen molar-refractivity contribution in [3.05, 3.63) is 48.5 Å². The molecule has 0 fully saturated rings. The number of sulfone groups is 3. The van der Waals surface area contributed by atoms with Crippen LogP contribution in [-0.2, 0) is 39.1 Å². The van der Waals surface area contributed by atoms with Crippen LogP contribution in [0.1, 0.15) is 52.4 Å². The van der Waals surface area contributed by atoms with E-state index < -0.39 is 52.0 Å². The highest BCUT2D eigenvalue weighted by Crippen LogP contribution is 2.27. The largest absolute Gasteiger partial charge is 0.480 e. The van der Waals surface area contributed by atoms with Crippen LogP contribution in [0, 0.1) is 0 Å². The van der Waals surface area contributed by atoms with Crippen molar-refractivity contribution in [3.63, 3.8) is 0 Å². The summed E-state index contributed by atoms with van der Waals surface area (Å²) in [7, 11) is -12.7. The second kappa shape index (κ2) is 12.2. The van der Waals surface area contributed by atoms with Gasteiger partial charge < -0.3 is 10.2 Å². The predicted octanol–water partition coefficient (Wildman–Crippen LogP) is 3.35. The van der Waals surface area contributed by atoms with Crippen molar-refractivity contribution >= 4 is 41.5 Å². The first-order valence-electron chi connectivity index (χ1n) is 11.6. The molecule has 0 aliphatic heterocycles. The van der Waals surface area contributed by atoms with E-state index in [0.29, 0.717) is 25.7 Å². The molecule has 0 heterocycles. The topological polar surface area (TPSA) is 177 Å². The zero-order chi connectivity index (χ0) is 28.0. The fourth-order valence-electron chi connectivity index (χ4n) is 3.68. The number of rotatable bonds is 14. The van der Waals surface area contributed by atoms with E-state index in [-0.39, 0.29) is 32.4 Å². The molecule has 2 unspecified atom stereocenters. The molecule has 10 nitrogen and oxygen atoms in total. The lowest BCUT2D eigenvalue weighted by Gasteiger charge is -2.14. The van der Waals surface area contributed by atoms with E-state index >= 15 is 0 Å². The number of benzene rings is 2. The molecule has 0 aliphatic carbocycles. The number of carboxylic acids is 2. The molecule has 0 amide bonds. The fourth-order valence-corrected chi connectivity index (χ4v) is 8.12. The van der Waals surface area contributed by atoms with Gasteiger partial charge in [0.2, 0.25) is 9.84 Å². The Morgan fingerprint density at radius 1 is 0.595 bits per heavy atom. The molecule has 37 heavy (non-hydrogen) atoms. The first kappa shape index (κ1) is 30.5. The normalized spacial score (nSPS) is 14.1. The fraction of sp³-hybridized carbons (Fsp3) is 0.417. The van der Waals surface area contributed by atoms with Crippen molar-refractivity contribution in [1.29, 1.82) is 0 Å². The molecule has 0 aliphatic rings. The number of hydrogen-bond acceptors (Lipinski definition) is 8. The van der Waals surface area contributed by atoms with Crippen molar-refractivity contribution in [2.75, 3.05) is 0 Å². The molecular formula is C24H30O10S3. The number of carbonyl (C=O) groups is 2. The van der Waals surface area contributed by atoms with Gasteiger partial charge in [-0.2, -0.15) is 0 Å². The van der Waals surface area contributed by atoms with E-state index in [4.69, 9.17) is 0 Å². The van der Waals surface area contributed by atoms with E-state index in [2.05, 4.69) is 0 Å². The summed E-state index contributed by atoms with van der Waals surface area (Å²) in [5, 5.41) is 15.4. The average molecular weight is 575 g/mol. The molecular weight excluding hydrogens is 544 g/mol. The molecule has 2 aromatic rings. The highest BCUT2D eigenvalue weighted by atomic mass is 32.2. The lowest BCUT2D eigenvalue weighted by atomic mass is 10.2. The van der Waals surface area contributed by atoms with Gasteiger partial charge in [-0.25, -0.2) is 25.3 Å². The van der Waals surface area contributed by atoms with Crippen molar-refractivity contribution in [2.45, 2.75) is 82.5 Å². The minimum atomic E-state index is -4.25. The zero-order valence-corrected chi connectivity index (χ0v) is 22.9. The maximum absolute atomic E-state index is 13.0. The average Bonchev–Trinajstić information content (AvgIpc) is 2.84. The smallest absolute Gasteiger partial charge is 0.322 e. The highest BCUT2D eigenvalue weighted by Gasteiger charge is 2.35. The Morgan fingerprint density at radius 3 is 1.11 bits per heavy atom. The monoisotopic (exact) mass is 574 g/mol. The Kier molecular flexibility index (Phi) is 10.0. The SMILES string of the molecule is CCCCC(C(=O)O)S(=O)(=O)c1ccc(S(=O)(=O)c2ccc(S(=O)(=O)C(CCCC)C(=O)O)cc2)cc1. The molecule has 0 saturated heterocycles. The van der Waals surface area contributed by atoms with E-state index in [1.54, 1.807) is 13.8 Å². The minimum Gasteiger partial charge on any atom is -0.480 e. The van der Waals surface area contributed by atoms with E-state index in [0.717, 1.165) is 48.5 Å². The summed E-state index contributed by atoms with van der Waals surface area (Å²) in [6.45, 7) is 3.59. The van der Waals surface area contributed by atoms with Gasteiger partial charge in [0.15, 0.2) is 30.2 Å². The first-order chi connectivity index (χ1) is 17.2. The summed E-state index contributed by atoms with van der Waals surface area (Å²) < 4.78 is 77.2. The summed E-state index contributed by atoms with van der Waals surface area (Å²) in [6.07, 6.45) is 1.83. The second-order valence-corrected chi connectivity index (χ2v) is 14.7. The zero-order valence-electron chi connectivity index (χ0n) is 20.4. The Balaban J connectivity index is 2.37. The van der Waals surface area contributed by atoms with Crippen LogP contribution in [0.4, 0.5) is 0 Å². The van der Waals surface area contributed by atoms with Crippen LogP contribution >= 0.6 is 0 Å². The van der Waals surface area contributed by atoms with Crippen LogP contribution in [0.2, 0.25) is 0 Å². The third-order valence-electron chi connectivity index (χ3n) is 5.86. The van der Waals surface area contributed by atoms with E-state index in [1.165, 1.54) is 0 Å². The molecule has 2 N–H and O–H groups in total. The Hall–Kier alpha value is -2.77. The van der Waals surface area contributed by atoms with Gasteiger partial charge in [0.05, 0.1) is 19.6 Å². The second-order valence-electron chi connectivity index (χ2n) is 8.47. The molecule has 0 saturated carbocycles. The van der Waals surface area contributed by atoms with Gasteiger partial charge >= 0.3 is 11.9 Å².